The van der Waals surface area contributed by atoms with Crippen LogP contribution in [0.25, 0.3) is 0 Å². The molecule has 1 aromatic carbocycles. The number of carbonyl (C=O) groups excluding carboxylic acids is 1. The normalized spacial score (nSPS) is 14.8. The van der Waals surface area contributed by atoms with E-state index in [2.05, 4.69) is 36.1 Å². The summed E-state index contributed by atoms with van der Waals surface area (Å²) >= 11 is 1.51. The number of carbonyl (C=O) groups is 1. The highest BCUT2D eigenvalue weighted by Crippen LogP contribution is 2.21. The molecule has 0 fully saturated rings. The van der Waals surface area contributed by atoms with Gasteiger partial charge in [0.15, 0.2) is 5.78 Å². The third kappa shape index (κ3) is 4.12. The lowest BCUT2D eigenvalue weighted by atomic mass is 10.1. The molecule has 4 heteroatoms. The fraction of sp³-hybridized carbons (Fsp3) is 0.400. The van der Waals surface area contributed by atoms with Gasteiger partial charge in [0, 0.05) is 18.7 Å². The van der Waals surface area contributed by atoms with Gasteiger partial charge in [-0.15, -0.1) is 11.3 Å². The first-order chi connectivity index (χ1) is 11.8. The van der Waals surface area contributed by atoms with E-state index in [-0.39, 0.29) is 5.78 Å². The molecule has 0 bridgehead atoms. The van der Waals surface area contributed by atoms with E-state index in [1.807, 2.05) is 17.5 Å². The van der Waals surface area contributed by atoms with Gasteiger partial charge in [-0.2, -0.15) is 0 Å². The van der Waals surface area contributed by atoms with Crippen LogP contribution in [-0.2, 0) is 6.42 Å². The van der Waals surface area contributed by atoms with Crippen molar-refractivity contribution in [3.63, 3.8) is 0 Å². The van der Waals surface area contributed by atoms with Gasteiger partial charge in [0.25, 0.3) is 0 Å². The van der Waals surface area contributed by atoms with Gasteiger partial charge in [-0.25, -0.2) is 0 Å². The van der Waals surface area contributed by atoms with E-state index < -0.39 is 0 Å². The molecule has 3 rings (SSSR count). The molecule has 0 N–H and O–H groups in total. The number of nitrogens with zero attached hydrogens (tertiary/aromatic N) is 2. The minimum Gasteiger partial charge on any atom is -0.322 e. The van der Waals surface area contributed by atoms with Crippen molar-refractivity contribution in [2.24, 2.45) is 4.99 Å². The third-order valence-corrected chi connectivity index (χ3v) is 5.33. The number of aliphatic imine (C=N–C) groups is 1. The van der Waals surface area contributed by atoms with Crippen LogP contribution in [0.4, 0.5) is 5.69 Å². The molecular weight excluding hydrogens is 316 g/mol. The molecule has 1 aliphatic heterocycles. The number of hydrogen-bond donors (Lipinski definition) is 0. The van der Waals surface area contributed by atoms with Crippen LogP contribution in [0.5, 0.6) is 0 Å². The number of aryl methyl sites for hydroxylation is 1. The molecule has 0 aliphatic carbocycles. The van der Waals surface area contributed by atoms with Crippen LogP contribution in [0.2, 0.25) is 0 Å². The zero-order valence-electron chi connectivity index (χ0n) is 14.2. The number of ketones is 1. The summed E-state index contributed by atoms with van der Waals surface area (Å²) in [6, 6.07) is 12.4. The lowest BCUT2D eigenvalue weighted by Gasteiger charge is -2.25. The second-order valence-electron chi connectivity index (χ2n) is 6.12. The zero-order chi connectivity index (χ0) is 16.8. The summed E-state index contributed by atoms with van der Waals surface area (Å²) in [5.41, 5.74) is 2.38. The molecule has 1 aromatic heterocycles. The minimum absolute atomic E-state index is 0.163. The monoisotopic (exact) mass is 340 g/mol. The van der Waals surface area contributed by atoms with E-state index in [0.29, 0.717) is 6.54 Å². The number of rotatable bonds is 5. The molecule has 3 nitrogen and oxygen atoms in total. The number of anilines is 1. The number of amidine groups is 1. The van der Waals surface area contributed by atoms with Crippen LogP contribution in [0.1, 0.15) is 47.8 Å². The highest BCUT2D eigenvalue weighted by molar-refractivity contribution is 7.12. The van der Waals surface area contributed by atoms with Crippen molar-refractivity contribution < 1.29 is 4.79 Å². The van der Waals surface area contributed by atoms with Crippen LogP contribution in [0, 0.1) is 0 Å². The van der Waals surface area contributed by atoms with Crippen LogP contribution < -0.4 is 4.90 Å². The van der Waals surface area contributed by atoms with Crippen LogP contribution in [0.3, 0.4) is 0 Å². The maximum atomic E-state index is 12.7. The van der Waals surface area contributed by atoms with Gasteiger partial charge in [0.05, 0.1) is 11.4 Å². The highest BCUT2D eigenvalue weighted by atomic mass is 32.1. The summed E-state index contributed by atoms with van der Waals surface area (Å²) in [5.74, 6) is 1.22. The van der Waals surface area contributed by atoms with Crippen LogP contribution in [0.15, 0.2) is 46.8 Å². The lowest BCUT2D eigenvalue weighted by molar-refractivity contribution is 0.101. The van der Waals surface area contributed by atoms with E-state index >= 15 is 0 Å². The van der Waals surface area contributed by atoms with Crippen LogP contribution in [-0.4, -0.2) is 24.7 Å². The summed E-state index contributed by atoms with van der Waals surface area (Å²) in [6.07, 6.45) is 5.48. The van der Waals surface area contributed by atoms with E-state index in [1.165, 1.54) is 23.3 Å². The largest absolute Gasteiger partial charge is 0.322 e. The first kappa shape index (κ1) is 16.9. The third-order valence-electron chi connectivity index (χ3n) is 4.42. The van der Waals surface area contributed by atoms with E-state index in [0.717, 1.165) is 48.6 Å². The number of Topliss-reactive ketones (excluding diaryl/α,β-unsaturated/α-hetero) is 1. The Labute approximate surface area is 148 Å². The summed E-state index contributed by atoms with van der Waals surface area (Å²) in [5, 5.41) is 1.96. The Morgan fingerprint density at radius 2 is 2.00 bits per heavy atom. The average molecular weight is 340 g/mol. The van der Waals surface area contributed by atoms with E-state index in [9.17, 15) is 4.79 Å². The molecule has 0 unspecified atom stereocenters. The zero-order valence-corrected chi connectivity index (χ0v) is 15.0. The van der Waals surface area contributed by atoms with E-state index in [1.54, 1.807) is 0 Å². The summed E-state index contributed by atoms with van der Waals surface area (Å²) in [4.78, 5) is 20.4. The summed E-state index contributed by atoms with van der Waals surface area (Å²) in [7, 11) is 0. The standard InChI is InChI=1S/C20H24N2OS/c1-2-16-9-11-17(12-10-16)22(20-8-4-3-5-13-21-20)15-18(23)19-7-6-14-24-19/h6-7,9-12,14H,2-5,8,13,15H2,1H3. The molecular formula is C20H24N2OS. The quantitative estimate of drug-likeness (QED) is 0.720. The topological polar surface area (TPSA) is 32.7 Å². The predicted octanol–water partition coefficient (Wildman–Crippen LogP) is 4.97. The number of hydrogen-bond acceptors (Lipinski definition) is 4. The Morgan fingerprint density at radius 3 is 2.71 bits per heavy atom. The Balaban J connectivity index is 1.87. The second kappa shape index (κ2) is 8.25. The van der Waals surface area contributed by atoms with Crippen molar-refractivity contribution >= 4 is 28.6 Å². The lowest BCUT2D eigenvalue weighted by Crippen LogP contribution is -2.35. The molecule has 0 spiro atoms. The highest BCUT2D eigenvalue weighted by Gasteiger charge is 2.19. The Morgan fingerprint density at radius 1 is 1.17 bits per heavy atom. The molecule has 126 valence electrons. The van der Waals surface area contributed by atoms with Crippen molar-refractivity contribution in [2.75, 3.05) is 18.0 Å². The Hall–Kier alpha value is -1.94. The van der Waals surface area contributed by atoms with Gasteiger partial charge in [0.2, 0.25) is 0 Å². The Kier molecular flexibility index (Phi) is 5.81. The smallest absolute Gasteiger partial charge is 0.192 e. The van der Waals surface area contributed by atoms with Crippen LogP contribution >= 0.6 is 11.3 Å². The van der Waals surface area contributed by atoms with Gasteiger partial charge >= 0.3 is 0 Å². The van der Waals surface area contributed by atoms with Crippen molar-refractivity contribution in [1.82, 2.24) is 0 Å². The average Bonchev–Trinajstić information content (AvgIpc) is 3.03. The summed E-state index contributed by atoms with van der Waals surface area (Å²) in [6.45, 7) is 3.39. The SMILES string of the molecule is CCc1ccc(N(CC(=O)c2cccs2)C2=NCCCCC2)cc1. The maximum Gasteiger partial charge on any atom is 0.192 e. The Bertz CT molecular complexity index is 689. The van der Waals surface area contributed by atoms with E-state index in [4.69, 9.17) is 4.99 Å². The molecule has 0 amide bonds. The maximum absolute atomic E-state index is 12.7. The number of thiophene rings is 1. The molecule has 24 heavy (non-hydrogen) atoms. The fourth-order valence-corrected chi connectivity index (χ4v) is 3.64. The van der Waals surface area contributed by atoms with Gasteiger partial charge in [-0.1, -0.05) is 31.5 Å². The molecule has 2 aromatic rings. The van der Waals surface area contributed by atoms with Gasteiger partial charge in [0.1, 0.15) is 5.84 Å². The molecule has 1 aliphatic rings. The molecule has 0 saturated heterocycles. The molecule has 0 radical (unpaired) electrons. The summed E-state index contributed by atoms with van der Waals surface area (Å²) < 4.78 is 0. The molecule has 0 saturated carbocycles. The molecule has 2 heterocycles. The molecule has 0 atom stereocenters. The van der Waals surface area contributed by atoms with Crippen molar-refractivity contribution in [3.8, 4) is 0 Å². The van der Waals surface area contributed by atoms with Crippen molar-refractivity contribution in [2.45, 2.75) is 39.0 Å². The minimum atomic E-state index is 0.163. The predicted molar refractivity (Wildman–Crippen MR) is 103 cm³/mol. The second-order valence-corrected chi connectivity index (χ2v) is 7.06. The van der Waals surface area contributed by atoms with Crippen molar-refractivity contribution in [3.05, 3.63) is 52.2 Å². The fourth-order valence-electron chi connectivity index (χ4n) is 2.98. The first-order valence-electron chi connectivity index (χ1n) is 8.74. The van der Waals surface area contributed by atoms with Gasteiger partial charge in [-0.3, -0.25) is 9.79 Å². The number of benzene rings is 1. The first-order valence-corrected chi connectivity index (χ1v) is 9.62. The van der Waals surface area contributed by atoms with Gasteiger partial charge < -0.3 is 4.90 Å². The van der Waals surface area contributed by atoms with Crippen molar-refractivity contribution in [1.29, 1.82) is 0 Å². The van der Waals surface area contributed by atoms with Gasteiger partial charge in [-0.05, 0) is 48.4 Å².